The Kier molecular flexibility index (Phi) is 3.75. The van der Waals surface area contributed by atoms with Gasteiger partial charge in [-0.25, -0.2) is 4.39 Å². The van der Waals surface area contributed by atoms with Gasteiger partial charge in [-0.3, -0.25) is 0 Å². The number of hydrogen-bond donors (Lipinski definition) is 0. The molecule has 0 aliphatic rings. The molecule has 0 fully saturated rings. The SMILES string of the molecule is Fc1ccc(C(F)(F)F)cc1C#CCBr. The molecule has 0 amide bonds. The first-order valence-corrected chi connectivity index (χ1v) is 4.99. The van der Waals surface area contributed by atoms with Crippen molar-refractivity contribution in [3.05, 3.63) is 35.1 Å². The van der Waals surface area contributed by atoms with Crippen molar-refractivity contribution in [1.82, 2.24) is 0 Å². The van der Waals surface area contributed by atoms with Gasteiger partial charge in [0.1, 0.15) is 5.82 Å². The summed E-state index contributed by atoms with van der Waals surface area (Å²) in [6.45, 7) is 0. The highest BCUT2D eigenvalue weighted by molar-refractivity contribution is 9.09. The van der Waals surface area contributed by atoms with Gasteiger partial charge in [0, 0.05) is 0 Å². The number of halogens is 5. The third-order valence-corrected chi connectivity index (χ3v) is 1.86. The molecule has 0 unspecified atom stereocenters. The normalized spacial score (nSPS) is 10.7. The van der Waals surface area contributed by atoms with Gasteiger partial charge < -0.3 is 0 Å². The predicted octanol–water partition coefficient (Wildman–Crippen LogP) is 3.59. The van der Waals surface area contributed by atoms with Crippen LogP contribution in [0.4, 0.5) is 17.6 Å². The first-order valence-electron chi connectivity index (χ1n) is 3.86. The Bertz CT molecular complexity index is 412. The Morgan fingerprint density at radius 2 is 1.93 bits per heavy atom. The van der Waals surface area contributed by atoms with E-state index in [9.17, 15) is 17.6 Å². The van der Waals surface area contributed by atoms with Crippen LogP contribution >= 0.6 is 15.9 Å². The van der Waals surface area contributed by atoms with Crippen LogP contribution in [0.15, 0.2) is 18.2 Å². The number of alkyl halides is 4. The minimum Gasteiger partial charge on any atom is -0.206 e. The van der Waals surface area contributed by atoms with E-state index in [1.54, 1.807) is 0 Å². The molecule has 0 saturated heterocycles. The fourth-order valence-corrected chi connectivity index (χ4v) is 1.07. The monoisotopic (exact) mass is 280 g/mol. The van der Waals surface area contributed by atoms with E-state index >= 15 is 0 Å². The van der Waals surface area contributed by atoms with E-state index in [1.807, 2.05) is 0 Å². The van der Waals surface area contributed by atoms with Gasteiger partial charge in [-0.1, -0.05) is 27.8 Å². The molecule has 0 aromatic heterocycles. The standard InChI is InChI=1S/C10H5BrF4/c11-5-1-2-7-6-8(10(13,14)15)3-4-9(7)12/h3-4,6H,5H2. The van der Waals surface area contributed by atoms with Crippen molar-refractivity contribution in [2.75, 3.05) is 5.33 Å². The van der Waals surface area contributed by atoms with E-state index < -0.39 is 17.6 Å². The summed E-state index contributed by atoms with van der Waals surface area (Å²) in [5.41, 5.74) is -1.15. The van der Waals surface area contributed by atoms with Crippen molar-refractivity contribution in [3.63, 3.8) is 0 Å². The third-order valence-electron chi connectivity index (χ3n) is 1.58. The molecule has 0 atom stereocenters. The van der Waals surface area contributed by atoms with E-state index in [0.29, 0.717) is 12.1 Å². The molecule has 1 rings (SSSR count). The largest absolute Gasteiger partial charge is 0.416 e. The van der Waals surface area contributed by atoms with Crippen molar-refractivity contribution in [2.24, 2.45) is 0 Å². The molecule has 0 radical (unpaired) electrons. The Hall–Kier alpha value is -1.02. The Morgan fingerprint density at radius 1 is 1.27 bits per heavy atom. The number of benzene rings is 1. The van der Waals surface area contributed by atoms with Gasteiger partial charge in [-0.2, -0.15) is 13.2 Å². The zero-order chi connectivity index (χ0) is 11.5. The molecule has 0 aliphatic carbocycles. The summed E-state index contributed by atoms with van der Waals surface area (Å²) in [7, 11) is 0. The lowest BCUT2D eigenvalue weighted by molar-refractivity contribution is -0.137. The Balaban J connectivity index is 3.17. The highest BCUT2D eigenvalue weighted by atomic mass is 79.9. The smallest absolute Gasteiger partial charge is 0.206 e. The minimum atomic E-state index is -4.47. The quantitative estimate of drug-likeness (QED) is 0.387. The fourth-order valence-electron chi connectivity index (χ4n) is 0.926. The molecular formula is C10H5BrF4. The molecule has 0 spiro atoms. The van der Waals surface area contributed by atoms with Crippen LogP contribution in [0.2, 0.25) is 0 Å². The van der Waals surface area contributed by atoms with Gasteiger partial charge in [0.15, 0.2) is 0 Å². The first kappa shape index (κ1) is 12.1. The highest BCUT2D eigenvalue weighted by Gasteiger charge is 2.30. The Labute approximate surface area is 92.4 Å². The molecule has 0 saturated carbocycles. The van der Waals surface area contributed by atoms with Crippen molar-refractivity contribution in [1.29, 1.82) is 0 Å². The van der Waals surface area contributed by atoms with Crippen LogP contribution in [-0.2, 0) is 6.18 Å². The molecule has 80 valence electrons. The molecule has 0 heterocycles. The molecular weight excluding hydrogens is 276 g/mol. The summed E-state index contributed by atoms with van der Waals surface area (Å²) >= 11 is 2.97. The maximum atomic E-state index is 13.0. The van der Waals surface area contributed by atoms with Gasteiger partial charge >= 0.3 is 6.18 Å². The molecule has 0 bridgehead atoms. The molecule has 0 nitrogen and oxygen atoms in total. The molecule has 0 aliphatic heterocycles. The van der Waals surface area contributed by atoms with Crippen LogP contribution in [0.25, 0.3) is 0 Å². The van der Waals surface area contributed by atoms with Gasteiger partial charge in [-0.05, 0) is 18.2 Å². The minimum absolute atomic E-state index is 0.246. The van der Waals surface area contributed by atoms with E-state index in [-0.39, 0.29) is 10.9 Å². The predicted molar refractivity (Wildman–Crippen MR) is 52.1 cm³/mol. The number of hydrogen-bond acceptors (Lipinski definition) is 0. The molecule has 1 aromatic rings. The van der Waals surface area contributed by atoms with Crippen molar-refractivity contribution < 1.29 is 17.6 Å². The van der Waals surface area contributed by atoms with E-state index in [2.05, 4.69) is 27.8 Å². The van der Waals surface area contributed by atoms with Crippen molar-refractivity contribution in [2.45, 2.75) is 6.18 Å². The van der Waals surface area contributed by atoms with Gasteiger partial charge in [0.2, 0.25) is 0 Å². The maximum Gasteiger partial charge on any atom is 0.416 e. The Morgan fingerprint density at radius 3 is 2.47 bits per heavy atom. The average Bonchev–Trinajstić information content (AvgIpc) is 2.15. The van der Waals surface area contributed by atoms with Crippen LogP contribution in [-0.4, -0.2) is 5.33 Å². The van der Waals surface area contributed by atoms with E-state index in [1.165, 1.54) is 0 Å². The van der Waals surface area contributed by atoms with E-state index in [4.69, 9.17) is 0 Å². The maximum absolute atomic E-state index is 13.0. The van der Waals surface area contributed by atoms with Gasteiger partial charge in [0.05, 0.1) is 16.5 Å². The topological polar surface area (TPSA) is 0 Å². The van der Waals surface area contributed by atoms with Gasteiger partial charge in [0.25, 0.3) is 0 Å². The summed E-state index contributed by atoms with van der Waals surface area (Å²) < 4.78 is 49.7. The van der Waals surface area contributed by atoms with Crippen molar-refractivity contribution in [3.8, 4) is 11.8 Å². The molecule has 5 heteroatoms. The van der Waals surface area contributed by atoms with Crippen LogP contribution in [0.1, 0.15) is 11.1 Å². The second kappa shape index (κ2) is 4.67. The van der Waals surface area contributed by atoms with E-state index in [0.717, 1.165) is 6.07 Å². The van der Waals surface area contributed by atoms with Gasteiger partial charge in [-0.15, -0.1) is 0 Å². The summed E-state index contributed by atoms with van der Waals surface area (Å²) in [5.74, 6) is 3.99. The summed E-state index contributed by atoms with van der Waals surface area (Å²) in [4.78, 5) is 0. The second-order valence-corrected chi connectivity index (χ2v) is 3.19. The summed E-state index contributed by atoms with van der Waals surface area (Å²) in [6.07, 6.45) is -4.47. The zero-order valence-electron chi connectivity index (χ0n) is 7.33. The van der Waals surface area contributed by atoms with Crippen LogP contribution in [0.5, 0.6) is 0 Å². The van der Waals surface area contributed by atoms with Crippen LogP contribution in [0.3, 0.4) is 0 Å². The summed E-state index contributed by atoms with van der Waals surface area (Å²) in [6, 6.07) is 2.15. The second-order valence-electron chi connectivity index (χ2n) is 2.63. The lowest BCUT2D eigenvalue weighted by Crippen LogP contribution is -2.05. The molecule has 15 heavy (non-hydrogen) atoms. The van der Waals surface area contributed by atoms with Crippen LogP contribution in [0, 0.1) is 17.7 Å². The highest BCUT2D eigenvalue weighted by Crippen LogP contribution is 2.30. The summed E-state index contributed by atoms with van der Waals surface area (Å²) in [5, 5.41) is 0.280. The third kappa shape index (κ3) is 3.24. The first-order chi connectivity index (χ1) is 6.95. The lowest BCUT2D eigenvalue weighted by Gasteiger charge is -2.06. The molecule has 0 N–H and O–H groups in total. The van der Waals surface area contributed by atoms with Crippen molar-refractivity contribution >= 4 is 15.9 Å². The van der Waals surface area contributed by atoms with Crippen LogP contribution < -0.4 is 0 Å². The fraction of sp³-hybridized carbons (Fsp3) is 0.200. The molecule has 1 aromatic carbocycles. The average molecular weight is 281 g/mol. The zero-order valence-corrected chi connectivity index (χ0v) is 8.91. The lowest BCUT2D eigenvalue weighted by atomic mass is 10.1. The number of rotatable bonds is 0.